The first-order valence-electron chi connectivity index (χ1n) is 8.40. The minimum atomic E-state index is -4.80. The molecular weight excluding hydrogens is 405 g/mol. The van der Waals surface area contributed by atoms with E-state index in [0.29, 0.717) is 4.52 Å². The van der Waals surface area contributed by atoms with E-state index in [1.807, 2.05) is 0 Å². The zero-order chi connectivity index (χ0) is 21.6. The Balaban J connectivity index is 1.99. The molecule has 0 fully saturated rings. The van der Waals surface area contributed by atoms with Crippen molar-refractivity contribution in [2.45, 2.75) is 13.1 Å². The smallest absolute Gasteiger partial charge is 0.403 e. The Hall–Kier alpha value is -4.16. The van der Waals surface area contributed by atoms with E-state index < -0.39 is 23.4 Å². The number of fused-ring (bicyclic) bond motifs is 1. The van der Waals surface area contributed by atoms with Crippen LogP contribution in [0.4, 0.5) is 19.2 Å². The molecule has 3 heterocycles. The number of nitrogens with one attached hydrogen (secondary N) is 3. The average molecular weight is 418 g/mol. The molecule has 1 aromatic carbocycles. The van der Waals surface area contributed by atoms with Gasteiger partial charge in [0.15, 0.2) is 11.7 Å². The molecule has 154 valence electrons. The van der Waals surface area contributed by atoms with Gasteiger partial charge < -0.3 is 15.1 Å². The number of benzene rings is 1. The van der Waals surface area contributed by atoms with Gasteiger partial charge in [-0.3, -0.25) is 15.5 Å². The average Bonchev–Trinajstić information content (AvgIpc) is 3.26. The van der Waals surface area contributed by atoms with Crippen molar-refractivity contribution in [3.8, 4) is 22.6 Å². The van der Waals surface area contributed by atoms with Gasteiger partial charge in [0.2, 0.25) is 0 Å². The highest BCUT2D eigenvalue weighted by atomic mass is 19.4. The topological polar surface area (TPSA) is 151 Å². The van der Waals surface area contributed by atoms with Crippen molar-refractivity contribution < 1.29 is 17.6 Å². The quantitative estimate of drug-likeness (QED) is 0.294. The van der Waals surface area contributed by atoms with Gasteiger partial charge in [-0.15, -0.1) is 5.10 Å². The zero-order valence-electron chi connectivity index (χ0n) is 15.2. The van der Waals surface area contributed by atoms with E-state index in [2.05, 4.69) is 25.6 Å². The van der Waals surface area contributed by atoms with Gasteiger partial charge in [0, 0.05) is 5.69 Å². The fraction of sp³-hybridized carbons (Fsp3) is 0.118. The number of nitrogens with zero attached hydrogens (tertiary/aromatic N) is 4. The summed E-state index contributed by atoms with van der Waals surface area (Å²) in [5, 5.41) is 20.2. The van der Waals surface area contributed by atoms with Crippen molar-refractivity contribution in [2.75, 3.05) is 5.32 Å². The number of H-pyrrole nitrogens is 1. The van der Waals surface area contributed by atoms with E-state index >= 15 is 0 Å². The lowest BCUT2D eigenvalue weighted by Crippen LogP contribution is -2.20. The SMILES string of the molecule is Cc1[nH]c2c(-c3ccccc3)c(C(F)(F)F)nn2c(=O)c1-c1nnc(NC(=N)N)o1. The van der Waals surface area contributed by atoms with Gasteiger partial charge in [0.1, 0.15) is 11.2 Å². The molecule has 0 atom stereocenters. The highest BCUT2D eigenvalue weighted by molar-refractivity contribution is 5.87. The standard InChI is InChI=1S/C17H13F3N8O2/c1-7-9(13-25-26-16(30-13)24-15(21)22)14(29)28-12(23-7)10(8-5-3-2-4-6-8)11(27-28)17(18,19)20/h2-6,23H,1H3,(H4,21,22,24,26). The van der Waals surface area contributed by atoms with Crippen LogP contribution in [0.25, 0.3) is 28.2 Å². The number of anilines is 1. The molecule has 0 amide bonds. The molecule has 30 heavy (non-hydrogen) atoms. The highest BCUT2D eigenvalue weighted by Crippen LogP contribution is 2.38. The second-order valence-corrected chi connectivity index (χ2v) is 6.23. The molecule has 13 heteroatoms. The van der Waals surface area contributed by atoms with Crippen LogP contribution in [0.5, 0.6) is 0 Å². The molecule has 4 aromatic rings. The van der Waals surface area contributed by atoms with E-state index in [1.165, 1.54) is 19.1 Å². The van der Waals surface area contributed by atoms with Gasteiger partial charge in [0.05, 0.1) is 5.56 Å². The number of hydrogen-bond donors (Lipinski definition) is 4. The second kappa shape index (κ2) is 6.72. The van der Waals surface area contributed by atoms with Crippen molar-refractivity contribution in [3.63, 3.8) is 0 Å². The summed E-state index contributed by atoms with van der Waals surface area (Å²) in [7, 11) is 0. The Morgan fingerprint density at radius 2 is 1.93 bits per heavy atom. The van der Waals surface area contributed by atoms with E-state index in [1.54, 1.807) is 18.2 Å². The minimum absolute atomic E-state index is 0.124. The van der Waals surface area contributed by atoms with Gasteiger partial charge in [-0.05, 0) is 12.5 Å². The van der Waals surface area contributed by atoms with Crippen LogP contribution in [0.1, 0.15) is 11.4 Å². The summed E-state index contributed by atoms with van der Waals surface area (Å²) < 4.78 is 46.9. The molecule has 5 N–H and O–H groups in total. The predicted molar refractivity (Wildman–Crippen MR) is 99.8 cm³/mol. The summed E-state index contributed by atoms with van der Waals surface area (Å²) >= 11 is 0. The lowest BCUT2D eigenvalue weighted by atomic mass is 10.1. The first kappa shape index (κ1) is 19.2. The highest BCUT2D eigenvalue weighted by Gasteiger charge is 2.39. The third kappa shape index (κ3) is 3.15. The molecule has 0 saturated heterocycles. The maximum atomic E-state index is 13.7. The first-order chi connectivity index (χ1) is 14.2. The van der Waals surface area contributed by atoms with Crippen LogP contribution in [0, 0.1) is 12.3 Å². The molecule has 0 aliphatic carbocycles. The van der Waals surface area contributed by atoms with Gasteiger partial charge in [-0.2, -0.15) is 22.8 Å². The van der Waals surface area contributed by atoms with Crippen LogP contribution < -0.4 is 16.6 Å². The lowest BCUT2D eigenvalue weighted by Gasteiger charge is -2.07. The van der Waals surface area contributed by atoms with E-state index in [9.17, 15) is 18.0 Å². The number of guanidine groups is 1. The summed E-state index contributed by atoms with van der Waals surface area (Å²) in [6.45, 7) is 1.48. The van der Waals surface area contributed by atoms with Crippen molar-refractivity contribution >= 4 is 17.6 Å². The normalized spacial score (nSPS) is 11.7. The molecule has 0 saturated carbocycles. The molecule has 0 unspecified atom stereocenters. The van der Waals surface area contributed by atoms with Crippen molar-refractivity contribution in [3.05, 3.63) is 52.1 Å². The van der Waals surface area contributed by atoms with Gasteiger partial charge in [-0.1, -0.05) is 35.4 Å². The van der Waals surface area contributed by atoms with Crippen LogP contribution in [0.3, 0.4) is 0 Å². The first-order valence-corrected chi connectivity index (χ1v) is 8.40. The Bertz CT molecular complexity index is 1320. The maximum Gasteiger partial charge on any atom is 0.435 e. The van der Waals surface area contributed by atoms with Crippen LogP contribution in [-0.4, -0.2) is 30.8 Å². The third-order valence-corrected chi connectivity index (χ3v) is 4.18. The summed E-state index contributed by atoms with van der Waals surface area (Å²) in [4.78, 5) is 15.8. The fourth-order valence-corrected chi connectivity index (χ4v) is 3.01. The predicted octanol–water partition coefficient (Wildman–Crippen LogP) is 2.37. The van der Waals surface area contributed by atoms with Gasteiger partial charge in [-0.25, -0.2) is 0 Å². The number of hydrogen-bond acceptors (Lipinski definition) is 6. The monoisotopic (exact) mass is 418 g/mol. The van der Waals surface area contributed by atoms with E-state index in [-0.39, 0.29) is 39.9 Å². The number of nitrogens with two attached hydrogens (primary N) is 1. The molecule has 0 aliphatic heterocycles. The molecular formula is C17H13F3N8O2. The third-order valence-electron chi connectivity index (χ3n) is 4.18. The molecule has 0 bridgehead atoms. The van der Waals surface area contributed by atoms with Crippen LogP contribution in [0.15, 0.2) is 39.5 Å². The van der Waals surface area contributed by atoms with Crippen LogP contribution in [-0.2, 0) is 6.18 Å². The Labute approximate surface area is 165 Å². The summed E-state index contributed by atoms with van der Waals surface area (Å²) in [5.74, 6) is -0.745. The number of aromatic amines is 1. The van der Waals surface area contributed by atoms with Crippen molar-refractivity contribution in [2.24, 2.45) is 5.73 Å². The van der Waals surface area contributed by atoms with E-state index in [4.69, 9.17) is 15.6 Å². The van der Waals surface area contributed by atoms with Crippen LogP contribution >= 0.6 is 0 Å². The van der Waals surface area contributed by atoms with Gasteiger partial charge >= 0.3 is 12.2 Å². The molecule has 10 nitrogen and oxygen atoms in total. The molecule has 4 rings (SSSR count). The Kier molecular flexibility index (Phi) is 4.29. The minimum Gasteiger partial charge on any atom is -0.403 e. The number of alkyl halides is 3. The van der Waals surface area contributed by atoms with Crippen molar-refractivity contribution in [1.29, 1.82) is 5.41 Å². The number of aryl methyl sites for hydroxylation is 1. The van der Waals surface area contributed by atoms with Gasteiger partial charge in [0.25, 0.3) is 11.4 Å². The lowest BCUT2D eigenvalue weighted by molar-refractivity contribution is -0.140. The molecule has 0 spiro atoms. The second-order valence-electron chi connectivity index (χ2n) is 6.23. The fourth-order valence-electron chi connectivity index (χ4n) is 3.01. The number of halogens is 3. The van der Waals surface area contributed by atoms with Crippen LogP contribution in [0.2, 0.25) is 0 Å². The Morgan fingerprint density at radius 1 is 1.23 bits per heavy atom. The summed E-state index contributed by atoms with van der Waals surface area (Å²) in [6, 6.07) is 7.56. The Morgan fingerprint density at radius 3 is 2.57 bits per heavy atom. The molecule has 0 aliphatic rings. The molecule has 3 aromatic heterocycles. The van der Waals surface area contributed by atoms with Crippen molar-refractivity contribution in [1.82, 2.24) is 24.8 Å². The molecule has 0 radical (unpaired) electrons. The number of rotatable bonds is 3. The maximum absolute atomic E-state index is 13.7. The summed E-state index contributed by atoms with van der Waals surface area (Å²) in [5.41, 5.74) is 2.99. The summed E-state index contributed by atoms with van der Waals surface area (Å²) in [6.07, 6.45) is -4.80. The largest absolute Gasteiger partial charge is 0.435 e. The van der Waals surface area contributed by atoms with E-state index in [0.717, 1.165) is 0 Å². The number of aromatic nitrogens is 5. The zero-order valence-corrected chi connectivity index (χ0v) is 15.2.